The fraction of sp³-hybridized carbons (Fsp3) is 0.235. The zero-order chi connectivity index (χ0) is 16.8. The summed E-state index contributed by atoms with van der Waals surface area (Å²) in [4.78, 5) is 6.05. The quantitative estimate of drug-likeness (QED) is 0.429. The van der Waals surface area contributed by atoms with Crippen LogP contribution in [-0.2, 0) is 13.1 Å². The van der Waals surface area contributed by atoms with Crippen molar-refractivity contribution in [3.63, 3.8) is 0 Å². The second kappa shape index (κ2) is 9.41. The van der Waals surface area contributed by atoms with Crippen LogP contribution in [0.2, 0.25) is 0 Å². The third kappa shape index (κ3) is 5.63. The van der Waals surface area contributed by atoms with Crippen LogP contribution in [0.15, 0.2) is 47.5 Å². The average molecular weight is 447 g/mol. The van der Waals surface area contributed by atoms with E-state index in [9.17, 15) is 13.9 Å². The van der Waals surface area contributed by atoms with Crippen LogP contribution in [0.4, 0.5) is 8.78 Å². The molecule has 2 rings (SSSR count). The van der Waals surface area contributed by atoms with Gasteiger partial charge in [-0.25, -0.2) is 8.78 Å². The van der Waals surface area contributed by atoms with E-state index in [1.807, 2.05) is 11.9 Å². The number of aliphatic imine (C=N–C) groups is 1. The molecule has 0 radical (unpaired) electrons. The summed E-state index contributed by atoms with van der Waals surface area (Å²) in [5.41, 5.74) is 1.64. The van der Waals surface area contributed by atoms with Crippen LogP contribution < -0.4 is 5.32 Å². The van der Waals surface area contributed by atoms with Crippen molar-refractivity contribution in [2.45, 2.75) is 13.1 Å². The van der Waals surface area contributed by atoms with E-state index in [4.69, 9.17) is 0 Å². The van der Waals surface area contributed by atoms with Crippen LogP contribution in [0.3, 0.4) is 0 Å². The molecule has 0 aliphatic rings. The minimum atomic E-state index is -0.654. The van der Waals surface area contributed by atoms with Gasteiger partial charge in [0, 0.05) is 27.2 Å². The molecule has 0 saturated carbocycles. The van der Waals surface area contributed by atoms with E-state index < -0.39 is 5.82 Å². The first kappa shape index (κ1) is 20.1. The molecule has 4 nitrogen and oxygen atoms in total. The molecule has 2 aromatic carbocycles. The second-order valence-electron chi connectivity index (χ2n) is 5.17. The van der Waals surface area contributed by atoms with Gasteiger partial charge in [-0.2, -0.15) is 0 Å². The Morgan fingerprint density at radius 1 is 1.12 bits per heavy atom. The lowest BCUT2D eigenvalue weighted by atomic mass is 10.2. The molecule has 0 saturated heterocycles. The molecule has 2 N–H and O–H groups in total. The molecule has 0 fully saturated rings. The number of guanidine groups is 1. The molecule has 0 aliphatic carbocycles. The highest BCUT2D eigenvalue weighted by Crippen LogP contribution is 2.16. The third-order valence-electron chi connectivity index (χ3n) is 3.37. The van der Waals surface area contributed by atoms with Crippen molar-refractivity contribution in [2.24, 2.45) is 4.99 Å². The number of hydrogen-bond donors (Lipinski definition) is 2. The molecule has 0 amide bonds. The van der Waals surface area contributed by atoms with Crippen molar-refractivity contribution in [2.75, 3.05) is 14.1 Å². The number of hydrogen-bond acceptors (Lipinski definition) is 2. The van der Waals surface area contributed by atoms with Gasteiger partial charge in [-0.3, -0.25) is 4.99 Å². The van der Waals surface area contributed by atoms with Gasteiger partial charge in [-0.05, 0) is 35.4 Å². The first-order chi connectivity index (χ1) is 11.0. The van der Waals surface area contributed by atoms with E-state index in [1.165, 1.54) is 24.3 Å². The number of rotatable bonds is 4. The number of aromatic hydroxyl groups is 1. The van der Waals surface area contributed by atoms with Crippen LogP contribution in [0.25, 0.3) is 0 Å². The van der Waals surface area contributed by atoms with Crippen molar-refractivity contribution in [1.82, 2.24) is 10.2 Å². The highest BCUT2D eigenvalue weighted by atomic mass is 127. The number of phenols is 1. The van der Waals surface area contributed by atoms with Crippen molar-refractivity contribution < 1.29 is 13.9 Å². The summed E-state index contributed by atoms with van der Waals surface area (Å²) in [6.45, 7) is 0.932. The van der Waals surface area contributed by atoms with Crippen LogP contribution in [-0.4, -0.2) is 30.1 Å². The molecule has 0 aromatic heterocycles. The Hall–Kier alpha value is -1.90. The molecule has 2 aromatic rings. The molecule has 0 aliphatic heterocycles. The molecule has 0 spiro atoms. The van der Waals surface area contributed by atoms with E-state index in [0.29, 0.717) is 24.6 Å². The lowest BCUT2D eigenvalue weighted by Crippen LogP contribution is -2.38. The zero-order valence-corrected chi connectivity index (χ0v) is 15.8. The van der Waals surface area contributed by atoms with Crippen LogP contribution >= 0.6 is 24.0 Å². The average Bonchev–Trinajstić information content (AvgIpc) is 2.53. The summed E-state index contributed by atoms with van der Waals surface area (Å²) >= 11 is 0. The van der Waals surface area contributed by atoms with Gasteiger partial charge in [-0.1, -0.05) is 18.2 Å². The Morgan fingerprint density at radius 3 is 2.33 bits per heavy atom. The fourth-order valence-electron chi connectivity index (χ4n) is 2.16. The van der Waals surface area contributed by atoms with Gasteiger partial charge in [0.05, 0.1) is 0 Å². The highest BCUT2D eigenvalue weighted by Gasteiger charge is 2.08. The minimum absolute atomic E-state index is 0. The van der Waals surface area contributed by atoms with Crippen LogP contribution in [0.5, 0.6) is 5.75 Å². The minimum Gasteiger partial charge on any atom is -0.505 e. The molecule has 0 bridgehead atoms. The summed E-state index contributed by atoms with van der Waals surface area (Å²) in [7, 11) is 3.51. The third-order valence-corrected chi connectivity index (χ3v) is 3.37. The normalized spacial score (nSPS) is 10.9. The lowest BCUT2D eigenvalue weighted by Gasteiger charge is -2.22. The molecule has 7 heteroatoms. The fourth-order valence-corrected chi connectivity index (χ4v) is 2.16. The summed E-state index contributed by atoms with van der Waals surface area (Å²) < 4.78 is 26.2. The van der Waals surface area contributed by atoms with Crippen LogP contribution in [0, 0.1) is 11.6 Å². The van der Waals surface area contributed by atoms with Crippen molar-refractivity contribution in [3.8, 4) is 5.75 Å². The monoisotopic (exact) mass is 447 g/mol. The van der Waals surface area contributed by atoms with Gasteiger partial charge < -0.3 is 15.3 Å². The maximum atomic E-state index is 13.3. The Bertz CT molecular complexity index is 693. The van der Waals surface area contributed by atoms with E-state index in [0.717, 1.165) is 5.56 Å². The molecule has 24 heavy (non-hydrogen) atoms. The summed E-state index contributed by atoms with van der Waals surface area (Å²) in [6, 6.07) is 10.5. The first-order valence-electron chi connectivity index (χ1n) is 7.13. The maximum absolute atomic E-state index is 13.3. The molecular weight excluding hydrogens is 427 g/mol. The van der Waals surface area contributed by atoms with E-state index in [1.54, 1.807) is 25.2 Å². The predicted octanol–water partition coefficient (Wildman–Crippen LogP) is 3.50. The Kier molecular flexibility index (Phi) is 7.90. The van der Waals surface area contributed by atoms with E-state index in [2.05, 4.69) is 10.3 Å². The van der Waals surface area contributed by atoms with Gasteiger partial charge in [-0.15, -0.1) is 24.0 Å². The van der Waals surface area contributed by atoms with E-state index in [-0.39, 0.29) is 35.5 Å². The molecule has 130 valence electrons. The Morgan fingerprint density at radius 2 is 1.75 bits per heavy atom. The second-order valence-corrected chi connectivity index (χ2v) is 5.17. The zero-order valence-electron chi connectivity index (χ0n) is 13.5. The molecule has 0 unspecified atom stereocenters. The van der Waals surface area contributed by atoms with Crippen molar-refractivity contribution in [3.05, 3.63) is 65.2 Å². The number of nitrogens with one attached hydrogen (secondary N) is 1. The van der Waals surface area contributed by atoms with E-state index >= 15 is 0 Å². The topological polar surface area (TPSA) is 47.9 Å². The van der Waals surface area contributed by atoms with Crippen LogP contribution in [0.1, 0.15) is 11.1 Å². The van der Waals surface area contributed by atoms with Gasteiger partial charge in [0.25, 0.3) is 0 Å². The standard InChI is InChI=1S/C17H19F2N3O.HI/c1-20-17(21-10-13-5-8-16(23)15(19)9-13)22(2)11-12-3-6-14(18)7-4-12;/h3-9,23H,10-11H2,1-2H3,(H,20,21);1H. The van der Waals surface area contributed by atoms with Gasteiger partial charge >= 0.3 is 0 Å². The molecule has 0 heterocycles. The SMILES string of the molecule is CN=C(NCc1ccc(O)c(F)c1)N(C)Cc1ccc(F)cc1.I. The summed E-state index contributed by atoms with van der Waals surface area (Å²) in [6.07, 6.45) is 0. The maximum Gasteiger partial charge on any atom is 0.193 e. The highest BCUT2D eigenvalue weighted by molar-refractivity contribution is 14.0. The van der Waals surface area contributed by atoms with Crippen molar-refractivity contribution >= 4 is 29.9 Å². The van der Waals surface area contributed by atoms with Gasteiger partial charge in [0.2, 0.25) is 0 Å². The van der Waals surface area contributed by atoms with Gasteiger partial charge in [0.15, 0.2) is 17.5 Å². The number of phenolic OH excluding ortho intramolecular Hbond substituents is 1. The largest absolute Gasteiger partial charge is 0.505 e. The molecule has 0 atom stereocenters. The number of benzene rings is 2. The Balaban J connectivity index is 0.00000288. The number of halogens is 3. The first-order valence-corrected chi connectivity index (χ1v) is 7.13. The number of nitrogens with zero attached hydrogens (tertiary/aromatic N) is 2. The summed E-state index contributed by atoms with van der Waals surface area (Å²) in [5, 5.41) is 12.3. The Labute approximate surface area is 157 Å². The smallest absolute Gasteiger partial charge is 0.193 e. The molecular formula is C17H20F2IN3O. The van der Waals surface area contributed by atoms with Crippen molar-refractivity contribution in [1.29, 1.82) is 0 Å². The predicted molar refractivity (Wildman–Crippen MR) is 102 cm³/mol. The van der Waals surface area contributed by atoms with Gasteiger partial charge in [0.1, 0.15) is 5.82 Å². The summed E-state index contributed by atoms with van der Waals surface area (Å²) in [5.74, 6) is -0.665. The lowest BCUT2D eigenvalue weighted by molar-refractivity contribution is 0.431.